The van der Waals surface area contributed by atoms with Crippen LogP contribution in [0, 0.1) is 17.1 Å². The van der Waals surface area contributed by atoms with Gasteiger partial charge in [0.2, 0.25) is 0 Å². The lowest BCUT2D eigenvalue weighted by Gasteiger charge is -2.11. The van der Waals surface area contributed by atoms with Gasteiger partial charge in [0.05, 0.1) is 11.3 Å². The molecule has 0 radical (unpaired) electrons. The van der Waals surface area contributed by atoms with E-state index in [2.05, 4.69) is 18.5 Å². The Hall–Kier alpha value is -1.21. The third-order valence-corrected chi connectivity index (χ3v) is 3.41. The number of thioether (sulfide) groups is 1. The van der Waals surface area contributed by atoms with E-state index >= 15 is 0 Å². The van der Waals surface area contributed by atoms with E-state index in [1.54, 1.807) is 6.07 Å². The average molecular weight is 238 g/mol. The summed E-state index contributed by atoms with van der Waals surface area (Å²) in [5, 5.41) is 12.6. The van der Waals surface area contributed by atoms with Gasteiger partial charge in [0.15, 0.2) is 0 Å². The molecule has 86 valence electrons. The summed E-state index contributed by atoms with van der Waals surface area (Å²) in [4.78, 5) is 0. The van der Waals surface area contributed by atoms with Gasteiger partial charge in [-0.3, -0.25) is 0 Å². The molecule has 0 aromatic heterocycles. The molecule has 0 saturated heterocycles. The maximum absolute atomic E-state index is 12.9. The second-order valence-corrected chi connectivity index (χ2v) is 4.84. The smallest absolute Gasteiger partial charge is 0.124 e. The minimum atomic E-state index is -0.375. The number of benzene rings is 1. The summed E-state index contributed by atoms with van der Waals surface area (Å²) in [5.74, 6) is -0.375. The van der Waals surface area contributed by atoms with Gasteiger partial charge in [-0.15, -0.1) is 0 Å². The monoisotopic (exact) mass is 238 g/mol. The number of anilines is 1. The van der Waals surface area contributed by atoms with Gasteiger partial charge in [-0.1, -0.05) is 6.92 Å². The zero-order valence-electron chi connectivity index (χ0n) is 9.46. The van der Waals surface area contributed by atoms with Crippen molar-refractivity contribution in [3.63, 3.8) is 0 Å². The van der Waals surface area contributed by atoms with E-state index in [1.807, 2.05) is 17.8 Å². The van der Waals surface area contributed by atoms with Gasteiger partial charge in [-0.05, 0) is 30.9 Å². The molecule has 1 rings (SSSR count). The third kappa shape index (κ3) is 3.74. The van der Waals surface area contributed by atoms with Crippen LogP contribution in [-0.2, 0) is 0 Å². The molecule has 0 heterocycles. The molecule has 1 unspecified atom stereocenters. The molecule has 0 aliphatic carbocycles. The molecule has 16 heavy (non-hydrogen) atoms. The van der Waals surface area contributed by atoms with Gasteiger partial charge >= 0.3 is 0 Å². The van der Waals surface area contributed by atoms with E-state index in [0.717, 1.165) is 13.0 Å². The zero-order chi connectivity index (χ0) is 12.0. The van der Waals surface area contributed by atoms with E-state index in [0.29, 0.717) is 16.5 Å². The van der Waals surface area contributed by atoms with E-state index in [-0.39, 0.29) is 5.82 Å². The summed E-state index contributed by atoms with van der Waals surface area (Å²) >= 11 is 1.81. The van der Waals surface area contributed by atoms with Gasteiger partial charge in [-0.25, -0.2) is 4.39 Å². The molecule has 0 amide bonds. The van der Waals surface area contributed by atoms with Crippen molar-refractivity contribution in [2.24, 2.45) is 0 Å². The second kappa shape index (κ2) is 6.39. The van der Waals surface area contributed by atoms with Crippen molar-refractivity contribution >= 4 is 17.4 Å². The normalized spacial score (nSPS) is 11.9. The highest BCUT2D eigenvalue weighted by atomic mass is 32.2. The van der Waals surface area contributed by atoms with E-state index < -0.39 is 0 Å². The molecule has 0 saturated carbocycles. The predicted octanol–water partition coefficient (Wildman–Crippen LogP) is 3.25. The number of halogens is 1. The molecular weight excluding hydrogens is 223 g/mol. The van der Waals surface area contributed by atoms with Crippen molar-refractivity contribution in [1.82, 2.24) is 0 Å². The van der Waals surface area contributed by atoms with E-state index in [4.69, 9.17) is 5.26 Å². The van der Waals surface area contributed by atoms with E-state index in [1.165, 1.54) is 12.1 Å². The second-order valence-electron chi connectivity index (χ2n) is 3.56. The summed E-state index contributed by atoms with van der Waals surface area (Å²) < 4.78 is 12.9. The molecule has 2 nitrogen and oxygen atoms in total. The predicted molar refractivity (Wildman–Crippen MR) is 67.2 cm³/mol. The molecule has 1 N–H and O–H groups in total. The Kier molecular flexibility index (Phi) is 5.13. The van der Waals surface area contributed by atoms with Crippen LogP contribution >= 0.6 is 11.8 Å². The number of nitrogens with zero attached hydrogens (tertiary/aromatic N) is 1. The highest BCUT2D eigenvalue weighted by Gasteiger charge is 2.04. The molecule has 1 aromatic rings. The van der Waals surface area contributed by atoms with Crippen molar-refractivity contribution in [2.75, 3.05) is 18.1 Å². The quantitative estimate of drug-likeness (QED) is 0.855. The number of nitriles is 1. The number of nitrogens with one attached hydrogen (secondary N) is 1. The Bertz CT molecular complexity index is 387. The van der Waals surface area contributed by atoms with Crippen molar-refractivity contribution in [1.29, 1.82) is 5.26 Å². The van der Waals surface area contributed by atoms with Crippen LogP contribution < -0.4 is 5.32 Å². The Morgan fingerprint density at radius 1 is 1.56 bits per heavy atom. The fourth-order valence-corrected chi connectivity index (χ4v) is 1.64. The maximum atomic E-state index is 12.9. The van der Waals surface area contributed by atoms with Crippen molar-refractivity contribution in [3.8, 4) is 6.07 Å². The molecule has 0 spiro atoms. The van der Waals surface area contributed by atoms with Gasteiger partial charge in [-0.2, -0.15) is 17.0 Å². The fraction of sp³-hybridized carbons (Fsp3) is 0.417. The molecular formula is C12H15FN2S. The first-order valence-electron chi connectivity index (χ1n) is 5.13. The van der Waals surface area contributed by atoms with Crippen LogP contribution in [0.5, 0.6) is 0 Å². The Morgan fingerprint density at radius 2 is 2.31 bits per heavy atom. The first kappa shape index (κ1) is 12.9. The molecule has 1 aromatic carbocycles. The summed E-state index contributed by atoms with van der Waals surface area (Å²) in [7, 11) is 0. The van der Waals surface area contributed by atoms with Gasteiger partial charge in [0, 0.05) is 11.8 Å². The lowest BCUT2D eigenvalue weighted by Crippen LogP contribution is -2.08. The summed E-state index contributed by atoms with van der Waals surface area (Å²) in [6.07, 6.45) is 3.09. The SMILES string of the molecule is CSC(C)CCNc1ccc(F)cc1C#N. The summed E-state index contributed by atoms with van der Waals surface area (Å²) in [6.45, 7) is 2.95. The topological polar surface area (TPSA) is 35.8 Å². The average Bonchev–Trinajstić information content (AvgIpc) is 2.30. The Balaban J connectivity index is 2.57. The van der Waals surface area contributed by atoms with Gasteiger partial charge in [0.1, 0.15) is 11.9 Å². The molecule has 1 atom stereocenters. The van der Waals surface area contributed by atoms with Crippen LogP contribution in [-0.4, -0.2) is 18.1 Å². The van der Waals surface area contributed by atoms with Crippen LogP contribution in [0.3, 0.4) is 0 Å². The first-order chi connectivity index (χ1) is 7.67. The van der Waals surface area contributed by atoms with Crippen LogP contribution in [0.1, 0.15) is 18.9 Å². The molecule has 4 heteroatoms. The Morgan fingerprint density at radius 3 is 2.94 bits per heavy atom. The van der Waals surface area contributed by atoms with Crippen molar-refractivity contribution in [3.05, 3.63) is 29.6 Å². The van der Waals surface area contributed by atoms with E-state index in [9.17, 15) is 4.39 Å². The fourth-order valence-electron chi connectivity index (χ4n) is 1.29. The highest BCUT2D eigenvalue weighted by molar-refractivity contribution is 7.99. The molecule has 0 fully saturated rings. The molecule has 0 bridgehead atoms. The lowest BCUT2D eigenvalue weighted by atomic mass is 10.2. The molecule has 0 aliphatic rings. The first-order valence-corrected chi connectivity index (χ1v) is 6.42. The minimum absolute atomic E-state index is 0.358. The third-order valence-electron chi connectivity index (χ3n) is 2.37. The number of hydrogen-bond acceptors (Lipinski definition) is 3. The largest absolute Gasteiger partial charge is 0.384 e. The number of hydrogen-bond donors (Lipinski definition) is 1. The van der Waals surface area contributed by atoms with Crippen molar-refractivity contribution in [2.45, 2.75) is 18.6 Å². The van der Waals surface area contributed by atoms with Crippen LogP contribution in [0.2, 0.25) is 0 Å². The lowest BCUT2D eigenvalue weighted by molar-refractivity contribution is 0.627. The summed E-state index contributed by atoms with van der Waals surface area (Å²) in [6, 6.07) is 6.20. The van der Waals surface area contributed by atoms with Gasteiger partial charge < -0.3 is 5.32 Å². The van der Waals surface area contributed by atoms with Crippen LogP contribution in [0.15, 0.2) is 18.2 Å². The maximum Gasteiger partial charge on any atom is 0.124 e. The van der Waals surface area contributed by atoms with Gasteiger partial charge in [0.25, 0.3) is 0 Å². The zero-order valence-corrected chi connectivity index (χ0v) is 10.3. The number of rotatable bonds is 5. The summed E-state index contributed by atoms with van der Waals surface area (Å²) in [5.41, 5.74) is 1.06. The van der Waals surface area contributed by atoms with Crippen LogP contribution in [0.4, 0.5) is 10.1 Å². The highest BCUT2D eigenvalue weighted by Crippen LogP contribution is 2.17. The molecule has 0 aliphatic heterocycles. The van der Waals surface area contributed by atoms with Crippen molar-refractivity contribution < 1.29 is 4.39 Å². The van der Waals surface area contributed by atoms with Crippen LogP contribution in [0.25, 0.3) is 0 Å². The minimum Gasteiger partial charge on any atom is -0.384 e. The standard InChI is InChI=1S/C12H15FN2S/c1-9(16-2)5-6-15-12-4-3-11(13)7-10(12)8-14/h3-4,7,9,15H,5-6H2,1-2H3. The Labute approximate surface area is 99.9 Å².